The summed E-state index contributed by atoms with van der Waals surface area (Å²) in [5.41, 5.74) is 0. The normalized spacial score (nSPS) is 12.5. The van der Waals surface area contributed by atoms with Gasteiger partial charge < -0.3 is 14.2 Å². The van der Waals surface area contributed by atoms with E-state index in [1.165, 1.54) is 218 Å². The van der Waals surface area contributed by atoms with Crippen LogP contribution in [0.1, 0.15) is 348 Å². The Bertz CT molecular complexity index is 1440. The third-order valence-electron chi connectivity index (χ3n) is 14.9. The van der Waals surface area contributed by atoms with E-state index < -0.39 is 6.10 Å². The first-order valence-corrected chi connectivity index (χ1v) is 33.9. The summed E-state index contributed by atoms with van der Waals surface area (Å²) in [6.45, 7) is 6.57. The number of rotatable bonds is 62. The van der Waals surface area contributed by atoms with Crippen molar-refractivity contribution in [3.63, 3.8) is 0 Å². The molecule has 0 N–H and O–H groups in total. The number of carbonyl (C=O) groups excluding carboxylic acids is 3. The van der Waals surface area contributed by atoms with Crippen LogP contribution in [0, 0.1) is 0 Å². The topological polar surface area (TPSA) is 78.9 Å². The molecule has 0 aromatic heterocycles. The van der Waals surface area contributed by atoms with Crippen LogP contribution in [-0.2, 0) is 28.6 Å². The van der Waals surface area contributed by atoms with Crippen molar-refractivity contribution in [3.8, 4) is 0 Å². The van der Waals surface area contributed by atoms with Crippen LogP contribution in [0.4, 0.5) is 0 Å². The van der Waals surface area contributed by atoms with Crippen molar-refractivity contribution < 1.29 is 28.6 Å². The molecule has 0 fully saturated rings. The van der Waals surface area contributed by atoms with Crippen LogP contribution in [0.15, 0.2) is 72.9 Å². The molecule has 0 bridgehead atoms. The molecule has 0 aliphatic rings. The number of ether oxygens (including phenoxy) is 3. The van der Waals surface area contributed by atoms with Gasteiger partial charge in [-0.05, 0) is 89.9 Å². The summed E-state index contributed by atoms with van der Waals surface area (Å²) in [6, 6.07) is 0. The lowest BCUT2D eigenvalue weighted by Crippen LogP contribution is -2.30. The van der Waals surface area contributed by atoms with E-state index in [9.17, 15) is 14.4 Å². The second kappa shape index (κ2) is 66.4. The molecule has 0 aliphatic heterocycles. The van der Waals surface area contributed by atoms with E-state index in [1.807, 2.05) is 0 Å². The van der Waals surface area contributed by atoms with E-state index in [1.54, 1.807) is 0 Å². The summed E-state index contributed by atoms with van der Waals surface area (Å²) in [6.07, 6.45) is 86.2. The molecular formula is C72H128O6. The van der Waals surface area contributed by atoms with E-state index in [2.05, 4.69) is 93.7 Å². The first-order valence-electron chi connectivity index (χ1n) is 33.9. The Morgan fingerprint density at radius 3 is 0.795 bits per heavy atom. The Hall–Kier alpha value is -3.15. The molecule has 452 valence electrons. The summed E-state index contributed by atoms with van der Waals surface area (Å²) >= 11 is 0. The van der Waals surface area contributed by atoms with Gasteiger partial charge in [-0.2, -0.15) is 0 Å². The van der Waals surface area contributed by atoms with Crippen LogP contribution in [0.2, 0.25) is 0 Å². The third-order valence-corrected chi connectivity index (χ3v) is 14.9. The molecule has 0 saturated heterocycles. The van der Waals surface area contributed by atoms with E-state index >= 15 is 0 Å². The van der Waals surface area contributed by atoms with Crippen molar-refractivity contribution in [2.24, 2.45) is 0 Å². The fraction of sp³-hybridized carbons (Fsp3) is 0.792. The molecule has 0 amide bonds. The van der Waals surface area contributed by atoms with Crippen molar-refractivity contribution in [2.45, 2.75) is 354 Å². The van der Waals surface area contributed by atoms with Crippen LogP contribution in [-0.4, -0.2) is 37.2 Å². The van der Waals surface area contributed by atoms with Gasteiger partial charge in [0.25, 0.3) is 0 Å². The summed E-state index contributed by atoms with van der Waals surface area (Å²) in [5, 5.41) is 0. The highest BCUT2D eigenvalue weighted by atomic mass is 16.6. The molecule has 0 spiro atoms. The van der Waals surface area contributed by atoms with Crippen molar-refractivity contribution >= 4 is 17.9 Å². The molecule has 0 saturated carbocycles. The highest BCUT2D eigenvalue weighted by Gasteiger charge is 2.19. The molecule has 0 aromatic carbocycles. The zero-order chi connectivity index (χ0) is 56.4. The fourth-order valence-corrected chi connectivity index (χ4v) is 9.88. The largest absolute Gasteiger partial charge is 0.462 e. The van der Waals surface area contributed by atoms with E-state index in [0.29, 0.717) is 19.3 Å². The van der Waals surface area contributed by atoms with E-state index in [-0.39, 0.29) is 31.1 Å². The molecule has 6 heteroatoms. The van der Waals surface area contributed by atoms with E-state index in [4.69, 9.17) is 14.2 Å². The van der Waals surface area contributed by atoms with E-state index in [0.717, 1.165) is 89.9 Å². The predicted molar refractivity (Wildman–Crippen MR) is 339 cm³/mol. The summed E-state index contributed by atoms with van der Waals surface area (Å²) in [5.74, 6) is -0.860. The van der Waals surface area contributed by atoms with Gasteiger partial charge in [0.05, 0.1) is 0 Å². The van der Waals surface area contributed by atoms with Gasteiger partial charge in [0.15, 0.2) is 6.10 Å². The zero-order valence-corrected chi connectivity index (χ0v) is 51.9. The second-order valence-corrected chi connectivity index (χ2v) is 22.7. The maximum absolute atomic E-state index is 12.9. The maximum atomic E-state index is 12.9. The lowest BCUT2D eigenvalue weighted by Gasteiger charge is -2.18. The Kier molecular flexibility index (Phi) is 63.7. The van der Waals surface area contributed by atoms with Gasteiger partial charge in [-0.25, -0.2) is 0 Å². The first-order chi connectivity index (χ1) is 38.5. The minimum absolute atomic E-state index is 0.0734. The summed E-state index contributed by atoms with van der Waals surface area (Å²) < 4.78 is 17.0. The molecule has 78 heavy (non-hydrogen) atoms. The molecule has 0 radical (unpaired) electrons. The molecule has 0 aliphatic carbocycles. The van der Waals surface area contributed by atoms with Crippen molar-refractivity contribution in [1.82, 2.24) is 0 Å². The fourth-order valence-electron chi connectivity index (χ4n) is 9.88. The van der Waals surface area contributed by atoms with Crippen LogP contribution < -0.4 is 0 Å². The Labute approximate surface area is 484 Å². The van der Waals surface area contributed by atoms with Crippen LogP contribution in [0.5, 0.6) is 0 Å². The van der Waals surface area contributed by atoms with Crippen molar-refractivity contribution in [3.05, 3.63) is 72.9 Å². The lowest BCUT2D eigenvalue weighted by atomic mass is 10.0. The van der Waals surface area contributed by atoms with Gasteiger partial charge >= 0.3 is 17.9 Å². The SMILES string of the molecule is CC/C=C\C/C=C\C/C=C\C/C=C\C/C=C\CCCCCCCCCCCCCC(=O)OCC(COC(=O)CCCCCCCCCCCCCCCCCC)OC(=O)CCCCCCCCC/C=C\CCCCCCCC. The predicted octanol–water partition coefficient (Wildman–Crippen LogP) is 23.3. The van der Waals surface area contributed by atoms with Gasteiger partial charge in [0.2, 0.25) is 0 Å². The van der Waals surface area contributed by atoms with Crippen molar-refractivity contribution in [1.29, 1.82) is 0 Å². The van der Waals surface area contributed by atoms with Gasteiger partial charge in [0.1, 0.15) is 13.2 Å². The van der Waals surface area contributed by atoms with Gasteiger partial charge in [-0.15, -0.1) is 0 Å². The zero-order valence-electron chi connectivity index (χ0n) is 51.9. The molecule has 0 aromatic rings. The lowest BCUT2D eigenvalue weighted by molar-refractivity contribution is -0.167. The van der Waals surface area contributed by atoms with Gasteiger partial charge in [-0.3, -0.25) is 14.4 Å². The average Bonchev–Trinajstić information content (AvgIpc) is 3.44. The molecule has 6 nitrogen and oxygen atoms in total. The number of unbranched alkanes of at least 4 members (excludes halogenated alkanes) is 39. The minimum atomic E-state index is -0.778. The second-order valence-electron chi connectivity index (χ2n) is 22.7. The van der Waals surface area contributed by atoms with Crippen LogP contribution in [0.3, 0.4) is 0 Å². The standard InChI is InChI=1S/C72H128O6/c1-4-7-10-13-16-19-22-25-28-31-32-33-34-35-36-37-38-39-40-42-44-47-50-53-56-59-62-65-71(74)77-68-69(67-76-70(73)64-61-58-55-52-49-46-43-30-27-24-21-18-15-12-9-6-3)78-72(75)66-63-60-57-54-51-48-45-41-29-26-23-20-17-14-11-8-5-2/h7,10,16,19,25-26,28-29,32-33,35-36,69H,4-6,8-9,11-15,17-18,20-24,27,30-31,34,37-68H2,1-3H3/b10-7-,19-16-,28-25-,29-26-,33-32-,36-35-. The number of carbonyl (C=O) groups is 3. The number of hydrogen-bond donors (Lipinski definition) is 0. The third kappa shape index (κ3) is 63.7. The highest BCUT2D eigenvalue weighted by Crippen LogP contribution is 2.17. The molecule has 1 unspecified atom stereocenters. The average molecular weight is 1090 g/mol. The number of hydrogen-bond acceptors (Lipinski definition) is 6. The maximum Gasteiger partial charge on any atom is 0.306 e. The molecule has 0 rings (SSSR count). The van der Waals surface area contributed by atoms with Gasteiger partial charge in [0, 0.05) is 19.3 Å². The molecule has 1 atom stereocenters. The minimum Gasteiger partial charge on any atom is -0.462 e. The molecular weight excluding hydrogens is 961 g/mol. The smallest absolute Gasteiger partial charge is 0.306 e. The summed E-state index contributed by atoms with van der Waals surface area (Å²) in [4.78, 5) is 38.4. The number of esters is 3. The highest BCUT2D eigenvalue weighted by molar-refractivity contribution is 5.71. The van der Waals surface area contributed by atoms with Gasteiger partial charge in [-0.1, -0.05) is 312 Å². The monoisotopic (exact) mass is 1090 g/mol. The Balaban J connectivity index is 4.30. The van der Waals surface area contributed by atoms with Crippen molar-refractivity contribution in [2.75, 3.05) is 13.2 Å². The quantitative estimate of drug-likeness (QED) is 0.0261. The molecule has 0 heterocycles. The Morgan fingerprint density at radius 1 is 0.269 bits per heavy atom. The first kappa shape index (κ1) is 74.8. The summed E-state index contributed by atoms with van der Waals surface area (Å²) in [7, 11) is 0. The van der Waals surface area contributed by atoms with Crippen LogP contribution in [0.25, 0.3) is 0 Å². The Morgan fingerprint density at radius 2 is 0.500 bits per heavy atom. The number of allylic oxidation sites excluding steroid dienone is 12. The van der Waals surface area contributed by atoms with Crippen LogP contribution >= 0.6 is 0 Å².